The summed E-state index contributed by atoms with van der Waals surface area (Å²) in [5.41, 5.74) is 6.30. The molecule has 2 amide bonds. The lowest BCUT2D eigenvalue weighted by Gasteiger charge is -2.33. The molecule has 0 saturated carbocycles. The van der Waals surface area contributed by atoms with Crippen LogP contribution >= 0.6 is 0 Å². The summed E-state index contributed by atoms with van der Waals surface area (Å²) in [6, 6.07) is 4.55. The number of carbonyl (C=O) groups excluding carboxylic acids is 2. The van der Waals surface area contributed by atoms with Crippen LogP contribution in [0.4, 0.5) is 11.4 Å². The van der Waals surface area contributed by atoms with E-state index in [9.17, 15) is 18.0 Å². The van der Waals surface area contributed by atoms with Gasteiger partial charge in [0, 0.05) is 37.8 Å². The van der Waals surface area contributed by atoms with Gasteiger partial charge in [-0.3, -0.25) is 9.59 Å². The van der Waals surface area contributed by atoms with E-state index >= 15 is 0 Å². The molecule has 1 aromatic carbocycles. The Labute approximate surface area is 172 Å². The first-order chi connectivity index (χ1) is 13.7. The molecule has 1 aliphatic rings. The van der Waals surface area contributed by atoms with Gasteiger partial charge in [-0.25, -0.2) is 13.1 Å². The third kappa shape index (κ3) is 6.15. The second-order valence-electron chi connectivity index (χ2n) is 7.26. The fourth-order valence-electron chi connectivity index (χ4n) is 3.21. The van der Waals surface area contributed by atoms with Gasteiger partial charge in [0.2, 0.25) is 21.8 Å². The highest BCUT2D eigenvalue weighted by atomic mass is 32.2. The van der Waals surface area contributed by atoms with Crippen molar-refractivity contribution in [3.05, 3.63) is 18.2 Å². The molecule has 0 spiro atoms. The highest BCUT2D eigenvalue weighted by Gasteiger charge is 2.28. The molecule has 1 unspecified atom stereocenters. The van der Waals surface area contributed by atoms with E-state index in [2.05, 4.69) is 10.0 Å². The summed E-state index contributed by atoms with van der Waals surface area (Å²) in [5.74, 6) is -0.898. The number of methoxy groups -OCH3 is 1. The molecule has 0 aromatic heterocycles. The van der Waals surface area contributed by atoms with Crippen LogP contribution in [0, 0.1) is 5.92 Å². The van der Waals surface area contributed by atoms with Crippen molar-refractivity contribution in [3.8, 4) is 0 Å². The highest BCUT2D eigenvalue weighted by molar-refractivity contribution is 7.89. The molecule has 1 heterocycles. The van der Waals surface area contributed by atoms with E-state index in [1.165, 1.54) is 13.2 Å². The lowest BCUT2D eigenvalue weighted by molar-refractivity contribution is -0.122. The first-order valence-corrected chi connectivity index (χ1v) is 11.2. The summed E-state index contributed by atoms with van der Waals surface area (Å²) in [4.78, 5) is 25.3. The number of ether oxygens (including phenoxy) is 1. The van der Waals surface area contributed by atoms with E-state index in [-0.39, 0.29) is 35.3 Å². The normalized spacial score (nSPS) is 16.4. The van der Waals surface area contributed by atoms with Crippen LogP contribution < -0.4 is 20.7 Å². The van der Waals surface area contributed by atoms with Crippen LogP contribution in [0.3, 0.4) is 0 Å². The van der Waals surface area contributed by atoms with E-state index in [0.29, 0.717) is 43.7 Å². The average molecular weight is 427 g/mol. The molecule has 1 atom stereocenters. The number of nitrogens with zero attached hydrogens (tertiary/aromatic N) is 1. The number of hydrogen-bond acceptors (Lipinski definition) is 6. The van der Waals surface area contributed by atoms with Gasteiger partial charge in [0.15, 0.2) is 0 Å². The molecule has 2 rings (SSSR count). The van der Waals surface area contributed by atoms with Crippen LogP contribution in [0.5, 0.6) is 0 Å². The Morgan fingerprint density at radius 3 is 2.52 bits per heavy atom. The molecule has 29 heavy (non-hydrogen) atoms. The second-order valence-corrected chi connectivity index (χ2v) is 8.94. The molecular weight excluding hydrogens is 396 g/mol. The van der Waals surface area contributed by atoms with Gasteiger partial charge < -0.3 is 20.7 Å². The van der Waals surface area contributed by atoms with E-state index in [1.54, 1.807) is 19.1 Å². The number of nitrogens with two attached hydrogens (primary N) is 1. The van der Waals surface area contributed by atoms with Gasteiger partial charge in [0.25, 0.3) is 0 Å². The molecular formula is C19H30N4O5S. The van der Waals surface area contributed by atoms with Crippen LogP contribution in [-0.2, 0) is 24.3 Å². The van der Waals surface area contributed by atoms with Gasteiger partial charge in [0.05, 0.1) is 5.69 Å². The van der Waals surface area contributed by atoms with Gasteiger partial charge in [-0.2, -0.15) is 0 Å². The number of primary amides is 1. The third-order valence-electron chi connectivity index (χ3n) is 5.02. The third-order valence-corrected chi connectivity index (χ3v) is 6.63. The summed E-state index contributed by atoms with van der Waals surface area (Å²) in [7, 11) is -2.41. The Morgan fingerprint density at radius 1 is 1.31 bits per heavy atom. The number of sulfonamides is 1. The predicted molar refractivity (Wildman–Crippen MR) is 111 cm³/mol. The van der Waals surface area contributed by atoms with Crippen molar-refractivity contribution in [3.63, 3.8) is 0 Å². The van der Waals surface area contributed by atoms with Gasteiger partial charge in [-0.15, -0.1) is 0 Å². The zero-order valence-electron chi connectivity index (χ0n) is 17.1. The quantitative estimate of drug-likeness (QED) is 0.541. The largest absolute Gasteiger partial charge is 0.375 e. The molecule has 1 fully saturated rings. The Kier molecular flexibility index (Phi) is 8.00. The van der Waals surface area contributed by atoms with E-state index in [0.717, 1.165) is 0 Å². The number of hydrogen-bond donors (Lipinski definition) is 3. The zero-order chi connectivity index (χ0) is 21.6. The van der Waals surface area contributed by atoms with Crippen LogP contribution in [-0.4, -0.2) is 53.1 Å². The molecule has 9 nitrogen and oxygen atoms in total. The summed E-state index contributed by atoms with van der Waals surface area (Å²) in [5, 5.41) is 2.64. The zero-order valence-corrected chi connectivity index (χ0v) is 17.9. The monoisotopic (exact) mass is 426 g/mol. The van der Waals surface area contributed by atoms with Crippen molar-refractivity contribution in [2.24, 2.45) is 11.7 Å². The van der Waals surface area contributed by atoms with Crippen molar-refractivity contribution in [2.45, 2.75) is 44.0 Å². The lowest BCUT2D eigenvalue weighted by Crippen LogP contribution is -2.40. The van der Waals surface area contributed by atoms with Crippen molar-refractivity contribution in [1.29, 1.82) is 0 Å². The minimum atomic E-state index is -3.82. The lowest BCUT2D eigenvalue weighted by atomic mass is 9.96. The standard InChI is InChI=1S/C19H30N4O5S/c1-4-13(2)22-29(26,27)17-11-15(21-18(24)12-28-3)5-6-16(17)23-9-7-14(8-10-23)19(20)25/h5-6,11,13-14,22H,4,7-10,12H2,1-3H3,(H2,20,25)(H,21,24). The number of benzene rings is 1. The van der Waals surface area contributed by atoms with Gasteiger partial charge >= 0.3 is 0 Å². The first kappa shape index (κ1) is 23.1. The second kappa shape index (κ2) is 10.0. The number of nitrogens with one attached hydrogen (secondary N) is 2. The Hall–Kier alpha value is -2.17. The summed E-state index contributed by atoms with van der Waals surface area (Å²) in [6.07, 6.45) is 1.78. The molecule has 1 aliphatic heterocycles. The molecule has 162 valence electrons. The topological polar surface area (TPSA) is 131 Å². The van der Waals surface area contributed by atoms with Crippen LogP contribution in [0.1, 0.15) is 33.1 Å². The van der Waals surface area contributed by atoms with Crippen LogP contribution in [0.15, 0.2) is 23.1 Å². The summed E-state index contributed by atoms with van der Waals surface area (Å²) < 4.78 is 33.6. The van der Waals surface area contributed by atoms with Gasteiger partial charge in [-0.1, -0.05) is 6.92 Å². The minimum absolute atomic E-state index is 0.0885. The maximum atomic E-state index is 13.1. The molecule has 10 heteroatoms. The molecule has 0 aliphatic carbocycles. The Balaban J connectivity index is 2.37. The average Bonchev–Trinajstić information content (AvgIpc) is 2.67. The highest BCUT2D eigenvalue weighted by Crippen LogP contribution is 2.32. The SMILES string of the molecule is CCC(C)NS(=O)(=O)c1cc(NC(=O)COC)ccc1N1CCC(C(N)=O)CC1. The van der Waals surface area contributed by atoms with E-state index in [1.807, 2.05) is 11.8 Å². The van der Waals surface area contributed by atoms with Crippen molar-refractivity contribution in [2.75, 3.05) is 37.0 Å². The molecule has 0 radical (unpaired) electrons. The van der Waals surface area contributed by atoms with E-state index < -0.39 is 10.0 Å². The van der Waals surface area contributed by atoms with Crippen molar-refractivity contribution < 1.29 is 22.7 Å². The number of carbonyl (C=O) groups is 2. The van der Waals surface area contributed by atoms with Crippen molar-refractivity contribution in [1.82, 2.24) is 4.72 Å². The smallest absolute Gasteiger partial charge is 0.250 e. The number of anilines is 2. The fourth-order valence-corrected chi connectivity index (χ4v) is 4.79. The van der Waals surface area contributed by atoms with Crippen LogP contribution in [0.2, 0.25) is 0 Å². The predicted octanol–water partition coefficient (Wildman–Crippen LogP) is 1.05. The fraction of sp³-hybridized carbons (Fsp3) is 0.579. The summed E-state index contributed by atoms with van der Waals surface area (Å²) >= 11 is 0. The molecule has 1 aromatic rings. The van der Waals surface area contributed by atoms with Gasteiger partial charge in [-0.05, 0) is 44.4 Å². The molecule has 0 bridgehead atoms. The maximum Gasteiger partial charge on any atom is 0.250 e. The van der Waals surface area contributed by atoms with Crippen molar-refractivity contribution >= 4 is 33.2 Å². The Morgan fingerprint density at radius 2 is 1.97 bits per heavy atom. The molecule has 4 N–H and O–H groups in total. The number of piperidine rings is 1. The molecule has 1 saturated heterocycles. The maximum absolute atomic E-state index is 13.1. The number of amides is 2. The summed E-state index contributed by atoms with van der Waals surface area (Å²) in [6.45, 7) is 4.60. The van der Waals surface area contributed by atoms with E-state index in [4.69, 9.17) is 10.5 Å². The van der Waals surface area contributed by atoms with Crippen LogP contribution in [0.25, 0.3) is 0 Å². The van der Waals surface area contributed by atoms with Gasteiger partial charge in [0.1, 0.15) is 11.5 Å². The first-order valence-electron chi connectivity index (χ1n) is 9.67. The number of rotatable bonds is 9. The minimum Gasteiger partial charge on any atom is -0.375 e. The Bertz CT molecular complexity index is 835.